The molecule has 2 rings (SSSR count). The maximum atomic E-state index is 10.5. The first-order valence-corrected chi connectivity index (χ1v) is 5.47. The predicted octanol–water partition coefficient (Wildman–Crippen LogP) is 0.416. The van der Waals surface area contributed by atoms with Gasteiger partial charge in [0.25, 0.3) is 0 Å². The zero-order valence-electron chi connectivity index (χ0n) is 6.42. The lowest BCUT2D eigenvalue weighted by atomic mass is 9.98. The Labute approximate surface area is 69.9 Å². The van der Waals surface area contributed by atoms with Crippen molar-refractivity contribution < 1.29 is 23.6 Å². The van der Waals surface area contributed by atoms with Gasteiger partial charge in [0.05, 0.1) is 18.3 Å². The second-order valence-corrected chi connectivity index (χ2v) is 4.44. The molecule has 1 aliphatic heterocycles. The molecule has 12 heavy (non-hydrogen) atoms. The van der Waals surface area contributed by atoms with E-state index in [1.807, 2.05) is 0 Å². The summed E-state index contributed by atoms with van der Waals surface area (Å²) < 4.78 is 20.2. The van der Waals surface area contributed by atoms with Crippen LogP contribution < -0.4 is 0 Å². The van der Waals surface area contributed by atoms with Crippen molar-refractivity contribution in [3.05, 3.63) is 0 Å². The summed E-state index contributed by atoms with van der Waals surface area (Å²) in [5.41, 5.74) is 0. The summed E-state index contributed by atoms with van der Waals surface area (Å²) in [6.45, 7) is 0. The fraction of sp³-hybridized carbons (Fsp3) is 1.00. The van der Waals surface area contributed by atoms with Crippen LogP contribution in [-0.2, 0) is 13.8 Å². The van der Waals surface area contributed by atoms with E-state index < -0.39 is 7.82 Å². The number of hydrogen-bond donors (Lipinski definition) is 2. The lowest BCUT2D eigenvalue weighted by molar-refractivity contribution is 0.110. The largest absolute Gasteiger partial charge is 0.469 e. The summed E-state index contributed by atoms with van der Waals surface area (Å²) in [6.07, 6.45) is 2.36. The second-order valence-electron chi connectivity index (χ2n) is 3.24. The fourth-order valence-corrected chi connectivity index (χ4v) is 2.24. The molecule has 3 atom stereocenters. The van der Waals surface area contributed by atoms with Crippen LogP contribution in [0.25, 0.3) is 0 Å². The van der Waals surface area contributed by atoms with Gasteiger partial charge in [-0.3, -0.25) is 4.52 Å². The molecule has 0 bridgehead atoms. The lowest BCUT2D eigenvalue weighted by Crippen LogP contribution is -2.20. The van der Waals surface area contributed by atoms with Gasteiger partial charge in [0.15, 0.2) is 0 Å². The van der Waals surface area contributed by atoms with Crippen LogP contribution in [0.2, 0.25) is 0 Å². The zero-order valence-corrected chi connectivity index (χ0v) is 7.31. The van der Waals surface area contributed by atoms with Gasteiger partial charge in [-0.2, -0.15) is 0 Å². The molecule has 0 radical (unpaired) electrons. The van der Waals surface area contributed by atoms with Crippen LogP contribution in [-0.4, -0.2) is 28.1 Å². The highest BCUT2D eigenvalue weighted by atomic mass is 31.2. The molecule has 2 aliphatic rings. The van der Waals surface area contributed by atoms with Crippen LogP contribution in [0.5, 0.6) is 0 Å². The lowest BCUT2D eigenvalue weighted by Gasteiger charge is -2.19. The van der Waals surface area contributed by atoms with E-state index >= 15 is 0 Å². The Hall–Kier alpha value is 0.0700. The Morgan fingerprint density at radius 3 is 2.67 bits per heavy atom. The molecule has 0 aromatic carbocycles. The molecule has 1 heterocycles. The Morgan fingerprint density at radius 2 is 2.08 bits per heavy atom. The average molecular weight is 194 g/mol. The van der Waals surface area contributed by atoms with E-state index in [9.17, 15) is 4.57 Å². The summed E-state index contributed by atoms with van der Waals surface area (Å²) in [5, 5.41) is 0. The minimum absolute atomic E-state index is 0.190. The number of phosphoric acid groups is 1. The number of fused-ring (bicyclic) bond motifs is 1. The van der Waals surface area contributed by atoms with Gasteiger partial charge < -0.3 is 14.5 Å². The number of phosphoric ester groups is 1. The summed E-state index contributed by atoms with van der Waals surface area (Å²) in [4.78, 5) is 17.0. The number of hydrogen-bond acceptors (Lipinski definition) is 3. The Kier molecular flexibility index (Phi) is 2.01. The number of ether oxygens (including phenoxy) is 1. The molecule has 0 spiro atoms. The molecule has 2 N–H and O–H groups in total. The SMILES string of the molecule is O=P(O)(O)OC1CCC2OC2C1. The third-order valence-corrected chi connectivity index (χ3v) is 2.82. The summed E-state index contributed by atoms with van der Waals surface area (Å²) in [7, 11) is -4.30. The highest BCUT2D eigenvalue weighted by Crippen LogP contribution is 2.45. The van der Waals surface area contributed by atoms with Crippen molar-refractivity contribution in [1.82, 2.24) is 0 Å². The maximum Gasteiger partial charge on any atom is 0.469 e. The molecule has 5 nitrogen and oxygen atoms in total. The van der Waals surface area contributed by atoms with Gasteiger partial charge in [0.1, 0.15) is 0 Å². The van der Waals surface area contributed by atoms with Gasteiger partial charge >= 0.3 is 7.82 Å². The molecule has 0 amide bonds. The van der Waals surface area contributed by atoms with Crippen molar-refractivity contribution in [2.24, 2.45) is 0 Å². The van der Waals surface area contributed by atoms with E-state index in [-0.39, 0.29) is 12.2 Å². The van der Waals surface area contributed by atoms with Crippen LogP contribution in [0.15, 0.2) is 0 Å². The second kappa shape index (κ2) is 2.79. The van der Waals surface area contributed by atoms with Crippen LogP contribution in [0.1, 0.15) is 19.3 Å². The normalized spacial score (nSPS) is 40.7. The van der Waals surface area contributed by atoms with Crippen molar-refractivity contribution >= 4 is 7.82 Å². The molecule has 2 fully saturated rings. The van der Waals surface area contributed by atoms with Crippen LogP contribution in [0, 0.1) is 0 Å². The summed E-state index contributed by atoms with van der Waals surface area (Å²) in [6, 6.07) is 0. The molecule has 1 saturated heterocycles. The fourth-order valence-electron chi connectivity index (χ4n) is 1.66. The number of epoxide rings is 1. The average Bonchev–Trinajstić information content (AvgIpc) is 2.61. The van der Waals surface area contributed by atoms with Crippen molar-refractivity contribution in [3.8, 4) is 0 Å². The highest BCUT2D eigenvalue weighted by Gasteiger charge is 2.45. The van der Waals surface area contributed by atoms with E-state index in [4.69, 9.17) is 14.5 Å². The third-order valence-electron chi connectivity index (χ3n) is 2.24. The standard InChI is InChI=1S/C6H11O5P/c7-12(8,9)11-4-1-2-5-6(3-4)10-5/h4-6H,1-3H2,(H2,7,8,9). The van der Waals surface area contributed by atoms with Gasteiger partial charge in [0, 0.05) is 6.42 Å². The van der Waals surface area contributed by atoms with Gasteiger partial charge in [-0.05, 0) is 12.8 Å². The van der Waals surface area contributed by atoms with Gasteiger partial charge in [-0.1, -0.05) is 0 Å². The Balaban J connectivity index is 1.85. The molecular formula is C6H11O5P. The summed E-state index contributed by atoms with van der Waals surface area (Å²) >= 11 is 0. The van der Waals surface area contributed by atoms with Crippen molar-refractivity contribution in [2.45, 2.75) is 37.6 Å². The monoisotopic (exact) mass is 194 g/mol. The van der Waals surface area contributed by atoms with E-state index in [0.29, 0.717) is 18.9 Å². The molecule has 3 unspecified atom stereocenters. The third kappa shape index (κ3) is 2.06. The van der Waals surface area contributed by atoms with Crippen LogP contribution >= 0.6 is 7.82 Å². The van der Waals surface area contributed by atoms with Crippen LogP contribution in [0.4, 0.5) is 0 Å². The van der Waals surface area contributed by atoms with Crippen molar-refractivity contribution in [3.63, 3.8) is 0 Å². The van der Waals surface area contributed by atoms with Crippen molar-refractivity contribution in [2.75, 3.05) is 0 Å². The topological polar surface area (TPSA) is 79.3 Å². The van der Waals surface area contributed by atoms with E-state index in [0.717, 1.165) is 6.42 Å². The van der Waals surface area contributed by atoms with E-state index in [1.54, 1.807) is 0 Å². The minimum atomic E-state index is -4.30. The van der Waals surface area contributed by atoms with Gasteiger partial charge in [0.2, 0.25) is 0 Å². The first-order valence-electron chi connectivity index (χ1n) is 3.94. The molecule has 70 valence electrons. The Bertz CT molecular complexity index is 224. The predicted molar refractivity (Wildman–Crippen MR) is 39.4 cm³/mol. The maximum absolute atomic E-state index is 10.5. The molecule has 6 heteroatoms. The van der Waals surface area contributed by atoms with E-state index in [2.05, 4.69) is 4.52 Å². The molecular weight excluding hydrogens is 183 g/mol. The van der Waals surface area contributed by atoms with Crippen molar-refractivity contribution in [1.29, 1.82) is 0 Å². The minimum Gasteiger partial charge on any atom is -0.369 e. The Morgan fingerprint density at radius 1 is 1.33 bits per heavy atom. The van der Waals surface area contributed by atoms with Gasteiger partial charge in [-0.15, -0.1) is 0 Å². The zero-order chi connectivity index (χ0) is 8.77. The molecule has 1 saturated carbocycles. The first kappa shape index (κ1) is 8.66. The van der Waals surface area contributed by atoms with E-state index in [1.165, 1.54) is 0 Å². The summed E-state index contributed by atoms with van der Waals surface area (Å²) in [5.74, 6) is 0. The molecule has 0 aromatic rings. The molecule has 1 aliphatic carbocycles. The van der Waals surface area contributed by atoms with Crippen LogP contribution in [0.3, 0.4) is 0 Å². The highest BCUT2D eigenvalue weighted by molar-refractivity contribution is 7.46. The van der Waals surface area contributed by atoms with Gasteiger partial charge in [-0.25, -0.2) is 4.57 Å². The smallest absolute Gasteiger partial charge is 0.369 e. The number of rotatable bonds is 2. The molecule has 0 aromatic heterocycles. The first-order chi connectivity index (χ1) is 5.54. The quantitative estimate of drug-likeness (QED) is 0.491.